The maximum Gasteiger partial charge on any atom is 0.241 e. The van der Waals surface area contributed by atoms with Gasteiger partial charge in [0.2, 0.25) is 12.7 Å². The summed E-state index contributed by atoms with van der Waals surface area (Å²) < 4.78 is 10.7. The fraction of sp³-hybridized carbons (Fsp3) is 0.316. The topological polar surface area (TPSA) is 50.8 Å². The third-order valence-electron chi connectivity index (χ3n) is 4.44. The van der Waals surface area contributed by atoms with Gasteiger partial charge in [0.05, 0.1) is 6.04 Å². The van der Waals surface area contributed by atoms with Gasteiger partial charge in [-0.3, -0.25) is 9.69 Å². The summed E-state index contributed by atoms with van der Waals surface area (Å²) in [5.74, 6) is 1.43. The normalized spacial score (nSPS) is 13.8. The number of fused-ring (bicyclic) bond motifs is 1. The summed E-state index contributed by atoms with van der Waals surface area (Å²) in [6, 6.07) is 11.0. The van der Waals surface area contributed by atoms with Crippen molar-refractivity contribution in [1.82, 2.24) is 4.90 Å². The summed E-state index contributed by atoms with van der Waals surface area (Å²) in [5.41, 5.74) is 2.66. The number of carbonyl (C=O) groups excluding carboxylic acids is 1. The number of hydrogen-bond donors (Lipinski definition) is 1. The van der Waals surface area contributed by atoms with Gasteiger partial charge in [-0.15, -0.1) is 0 Å². The summed E-state index contributed by atoms with van der Waals surface area (Å²) in [6.07, 6.45) is 0. The molecule has 6 heteroatoms. The summed E-state index contributed by atoms with van der Waals surface area (Å²) >= 11 is 6.11. The number of rotatable bonds is 5. The molecule has 1 heterocycles. The number of likely N-dealkylation sites (N-methyl/N-ethyl adjacent to an activating group) is 1. The molecule has 1 atom stereocenters. The van der Waals surface area contributed by atoms with Crippen LogP contribution < -0.4 is 14.8 Å². The second kappa shape index (κ2) is 7.33. The molecule has 1 aliphatic heterocycles. The third-order valence-corrected chi connectivity index (χ3v) is 4.84. The van der Waals surface area contributed by atoms with Gasteiger partial charge in [-0.25, -0.2) is 0 Å². The maximum absolute atomic E-state index is 12.6. The van der Waals surface area contributed by atoms with Gasteiger partial charge in [-0.2, -0.15) is 0 Å². The van der Waals surface area contributed by atoms with Crippen molar-refractivity contribution in [2.75, 3.05) is 19.2 Å². The molecule has 5 nitrogen and oxygen atoms in total. The Kier molecular flexibility index (Phi) is 5.16. The van der Waals surface area contributed by atoms with Crippen molar-refractivity contribution < 1.29 is 14.3 Å². The summed E-state index contributed by atoms with van der Waals surface area (Å²) in [7, 11) is 1.92. The largest absolute Gasteiger partial charge is 0.454 e. The minimum Gasteiger partial charge on any atom is -0.454 e. The number of nitrogens with zero attached hydrogens (tertiary/aromatic N) is 1. The van der Waals surface area contributed by atoms with Gasteiger partial charge in [0.15, 0.2) is 11.5 Å². The molecule has 0 saturated heterocycles. The van der Waals surface area contributed by atoms with E-state index in [1.54, 1.807) is 0 Å². The van der Waals surface area contributed by atoms with Crippen LogP contribution in [-0.4, -0.2) is 30.7 Å². The second-order valence-corrected chi connectivity index (χ2v) is 6.59. The van der Waals surface area contributed by atoms with E-state index in [-0.39, 0.29) is 18.7 Å². The van der Waals surface area contributed by atoms with E-state index in [1.165, 1.54) is 0 Å². The molecule has 2 aromatic carbocycles. The molecule has 0 spiro atoms. The Morgan fingerprint density at radius 1 is 1.28 bits per heavy atom. The van der Waals surface area contributed by atoms with Gasteiger partial charge in [-0.1, -0.05) is 23.7 Å². The molecule has 3 rings (SSSR count). The summed E-state index contributed by atoms with van der Waals surface area (Å²) in [6.45, 7) is 4.65. The zero-order valence-electron chi connectivity index (χ0n) is 14.5. The average Bonchev–Trinajstić information content (AvgIpc) is 3.06. The number of benzene rings is 2. The van der Waals surface area contributed by atoms with E-state index in [2.05, 4.69) is 5.32 Å². The Hall–Kier alpha value is -2.24. The average molecular weight is 361 g/mol. The van der Waals surface area contributed by atoms with Crippen LogP contribution in [0, 0.1) is 6.92 Å². The summed E-state index contributed by atoms with van der Waals surface area (Å²) in [5, 5.41) is 3.59. The zero-order chi connectivity index (χ0) is 18.0. The van der Waals surface area contributed by atoms with Crippen LogP contribution in [0.25, 0.3) is 0 Å². The Labute approximate surface area is 152 Å². The van der Waals surface area contributed by atoms with E-state index in [0.29, 0.717) is 11.6 Å². The lowest BCUT2D eigenvalue weighted by Crippen LogP contribution is -2.39. The quantitative estimate of drug-likeness (QED) is 0.880. The van der Waals surface area contributed by atoms with Crippen LogP contribution in [0.2, 0.25) is 5.02 Å². The highest BCUT2D eigenvalue weighted by atomic mass is 35.5. The number of nitrogens with one attached hydrogen (secondary N) is 1. The molecule has 1 amide bonds. The van der Waals surface area contributed by atoms with E-state index in [4.69, 9.17) is 21.1 Å². The summed E-state index contributed by atoms with van der Waals surface area (Å²) in [4.78, 5) is 14.5. The van der Waals surface area contributed by atoms with Crippen molar-refractivity contribution in [2.45, 2.75) is 26.4 Å². The first-order valence-corrected chi connectivity index (χ1v) is 8.48. The first-order valence-electron chi connectivity index (χ1n) is 8.10. The van der Waals surface area contributed by atoms with Crippen LogP contribution in [0.4, 0.5) is 5.69 Å². The van der Waals surface area contributed by atoms with Crippen LogP contribution >= 0.6 is 11.6 Å². The van der Waals surface area contributed by atoms with E-state index in [9.17, 15) is 4.79 Å². The van der Waals surface area contributed by atoms with Crippen molar-refractivity contribution in [3.05, 3.63) is 52.5 Å². The van der Waals surface area contributed by atoms with E-state index in [0.717, 1.165) is 28.3 Å². The maximum atomic E-state index is 12.6. The first kappa shape index (κ1) is 17.6. The van der Waals surface area contributed by atoms with Gasteiger partial charge >= 0.3 is 0 Å². The van der Waals surface area contributed by atoms with Crippen LogP contribution in [-0.2, 0) is 11.3 Å². The number of anilines is 1. The molecule has 0 saturated carbocycles. The highest BCUT2D eigenvalue weighted by Gasteiger charge is 2.20. The van der Waals surface area contributed by atoms with Gasteiger partial charge in [0.25, 0.3) is 0 Å². The Bertz CT molecular complexity index is 794. The molecule has 1 aliphatic rings. The number of ether oxygens (including phenoxy) is 2. The van der Waals surface area contributed by atoms with Crippen molar-refractivity contribution in [1.29, 1.82) is 0 Å². The molecule has 25 heavy (non-hydrogen) atoms. The third kappa shape index (κ3) is 3.89. The molecule has 0 aromatic heterocycles. The Morgan fingerprint density at radius 2 is 2.04 bits per heavy atom. The SMILES string of the molecule is Cc1c(Cl)cccc1NC(=O)[C@H](C)N(C)Cc1ccc2c(c1)OCO2. The number of carbonyl (C=O) groups is 1. The molecule has 132 valence electrons. The zero-order valence-corrected chi connectivity index (χ0v) is 15.3. The lowest BCUT2D eigenvalue weighted by atomic mass is 10.1. The predicted molar refractivity (Wildman–Crippen MR) is 98.3 cm³/mol. The highest BCUT2D eigenvalue weighted by molar-refractivity contribution is 6.31. The van der Waals surface area contributed by atoms with E-state index in [1.807, 2.05) is 62.2 Å². The molecule has 2 aromatic rings. The molecule has 0 fully saturated rings. The lowest BCUT2D eigenvalue weighted by molar-refractivity contribution is -0.120. The molecular weight excluding hydrogens is 340 g/mol. The van der Waals surface area contributed by atoms with E-state index >= 15 is 0 Å². The second-order valence-electron chi connectivity index (χ2n) is 6.18. The van der Waals surface area contributed by atoms with Crippen LogP contribution in [0.3, 0.4) is 0 Å². The van der Waals surface area contributed by atoms with Gasteiger partial charge < -0.3 is 14.8 Å². The van der Waals surface area contributed by atoms with E-state index < -0.39 is 0 Å². The minimum atomic E-state index is -0.302. The Morgan fingerprint density at radius 3 is 2.84 bits per heavy atom. The molecular formula is C19H21ClN2O3. The Balaban J connectivity index is 1.64. The van der Waals surface area contributed by atoms with Gasteiger partial charge in [0, 0.05) is 17.3 Å². The molecule has 0 unspecified atom stereocenters. The van der Waals surface area contributed by atoms with Crippen molar-refractivity contribution in [3.63, 3.8) is 0 Å². The van der Waals surface area contributed by atoms with Gasteiger partial charge in [-0.05, 0) is 56.3 Å². The van der Waals surface area contributed by atoms with Gasteiger partial charge in [0.1, 0.15) is 0 Å². The van der Waals surface area contributed by atoms with Crippen LogP contribution in [0.15, 0.2) is 36.4 Å². The molecule has 0 aliphatic carbocycles. The minimum absolute atomic E-state index is 0.0754. The number of hydrogen-bond acceptors (Lipinski definition) is 4. The van der Waals surface area contributed by atoms with Crippen LogP contribution in [0.1, 0.15) is 18.1 Å². The first-order chi connectivity index (χ1) is 12.0. The number of halogens is 1. The lowest BCUT2D eigenvalue weighted by Gasteiger charge is -2.24. The monoisotopic (exact) mass is 360 g/mol. The fourth-order valence-corrected chi connectivity index (χ4v) is 2.82. The number of amides is 1. The highest BCUT2D eigenvalue weighted by Crippen LogP contribution is 2.32. The smallest absolute Gasteiger partial charge is 0.241 e. The van der Waals surface area contributed by atoms with Crippen molar-refractivity contribution in [2.24, 2.45) is 0 Å². The fourth-order valence-electron chi connectivity index (χ4n) is 2.64. The molecule has 0 radical (unpaired) electrons. The van der Waals surface area contributed by atoms with Crippen molar-refractivity contribution >= 4 is 23.2 Å². The standard InChI is InChI=1S/C19H21ClN2O3/c1-12-15(20)5-4-6-16(12)21-19(23)13(2)22(3)10-14-7-8-17-18(9-14)25-11-24-17/h4-9,13H,10-11H2,1-3H3,(H,21,23)/t13-/m0/s1. The molecule has 1 N–H and O–H groups in total. The van der Waals surface area contributed by atoms with Crippen molar-refractivity contribution in [3.8, 4) is 11.5 Å². The predicted octanol–water partition coefficient (Wildman–Crippen LogP) is 3.84. The van der Waals surface area contributed by atoms with Crippen LogP contribution in [0.5, 0.6) is 11.5 Å². The molecule has 0 bridgehead atoms.